The molecule has 0 amide bonds. The number of carbonyl (C=O) groups is 1. The zero-order valence-corrected chi connectivity index (χ0v) is 8.00. The zero-order valence-electron chi connectivity index (χ0n) is 8.00. The van der Waals surface area contributed by atoms with Crippen LogP contribution in [0.2, 0.25) is 0 Å². The van der Waals surface area contributed by atoms with Crippen LogP contribution < -0.4 is 0 Å². The molecule has 68 valence electrons. The average Bonchev–Trinajstić information content (AvgIpc) is 2.14. The molecule has 3 heteroatoms. The van der Waals surface area contributed by atoms with Gasteiger partial charge in [0.15, 0.2) is 5.78 Å². The Labute approximate surface area is 80.1 Å². The molecule has 0 aromatic carbocycles. The minimum atomic E-state index is -0.0933. The van der Waals surface area contributed by atoms with Crippen LogP contribution in [0.1, 0.15) is 20.3 Å². The van der Waals surface area contributed by atoms with Gasteiger partial charge < -0.3 is 5.11 Å². The lowest BCUT2D eigenvalue weighted by Gasteiger charge is -2.00. The largest absolute Gasteiger partial charge is 0.508 e. The van der Waals surface area contributed by atoms with Gasteiger partial charge in [-0.2, -0.15) is 0 Å². The summed E-state index contributed by atoms with van der Waals surface area (Å²) in [5.41, 5.74) is 0.660. The van der Waals surface area contributed by atoms with E-state index in [4.69, 9.17) is 7.85 Å². The molecule has 0 aliphatic carbocycles. The maximum atomic E-state index is 11.1. The highest BCUT2D eigenvalue weighted by Gasteiger charge is 2.05. The third-order valence-corrected chi connectivity index (χ3v) is 1.66. The van der Waals surface area contributed by atoms with Crippen LogP contribution in [0.15, 0.2) is 35.5 Å². The van der Waals surface area contributed by atoms with Crippen molar-refractivity contribution in [3.8, 4) is 0 Å². The summed E-state index contributed by atoms with van der Waals surface area (Å²) in [6.45, 7) is 6.73. The lowest BCUT2D eigenvalue weighted by Crippen LogP contribution is -2.00. The van der Waals surface area contributed by atoms with Crippen molar-refractivity contribution in [1.82, 2.24) is 0 Å². The van der Waals surface area contributed by atoms with Gasteiger partial charge in [-0.1, -0.05) is 25.1 Å². The molecule has 0 atom stereocenters. The van der Waals surface area contributed by atoms with Gasteiger partial charge in [0.2, 0.25) is 0 Å². The predicted octanol–water partition coefficient (Wildman–Crippen LogP) is 2.04. The fourth-order valence-corrected chi connectivity index (χ4v) is 0.733. The second kappa shape index (κ2) is 5.41. The van der Waals surface area contributed by atoms with Crippen LogP contribution in [-0.2, 0) is 4.79 Å². The number of carbonyl (C=O) groups excluding carboxylic acids is 1. The van der Waals surface area contributed by atoms with Gasteiger partial charge in [-0.3, -0.25) is 4.79 Å². The van der Waals surface area contributed by atoms with E-state index in [1.165, 1.54) is 12.2 Å². The smallest absolute Gasteiger partial charge is 0.161 e. The molecule has 13 heavy (non-hydrogen) atoms. The first-order valence-corrected chi connectivity index (χ1v) is 4.05. The van der Waals surface area contributed by atoms with E-state index in [-0.39, 0.29) is 11.5 Å². The number of Topliss-reactive ketones (excluding diaryl/α,β-unsaturated/α-hetero) is 1. The summed E-state index contributed by atoms with van der Waals surface area (Å²) in [5.74, 6) is -0.185. The molecular weight excluding hydrogens is 163 g/mol. The number of ketones is 1. The monoisotopic (exact) mass is 176 g/mol. The normalized spacial score (nSPS) is 13.5. The highest BCUT2D eigenvalue weighted by atomic mass is 16.3. The van der Waals surface area contributed by atoms with E-state index in [9.17, 15) is 9.90 Å². The van der Waals surface area contributed by atoms with Crippen LogP contribution in [-0.4, -0.2) is 18.7 Å². The number of hydrogen-bond donors (Lipinski definition) is 1. The predicted molar refractivity (Wildman–Crippen MR) is 54.7 cm³/mol. The van der Waals surface area contributed by atoms with Crippen molar-refractivity contribution >= 4 is 13.6 Å². The summed E-state index contributed by atoms with van der Waals surface area (Å²) < 4.78 is 0. The third-order valence-electron chi connectivity index (χ3n) is 1.66. The van der Waals surface area contributed by atoms with Crippen LogP contribution in [0.25, 0.3) is 0 Å². The fourth-order valence-electron chi connectivity index (χ4n) is 0.733. The van der Waals surface area contributed by atoms with Gasteiger partial charge in [-0.05, 0) is 13.0 Å². The topological polar surface area (TPSA) is 37.3 Å². The van der Waals surface area contributed by atoms with Crippen molar-refractivity contribution in [3.63, 3.8) is 0 Å². The summed E-state index contributed by atoms with van der Waals surface area (Å²) in [4.78, 5) is 11.1. The van der Waals surface area contributed by atoms with E-state index in [0.29, 0.717) is 17.5 Å². The van der Waals surface area contributed by atoms with Gasteiger partial charge >= 0.3 is 0 Å². The highest BCUT2D eigenvalue weighted by Crippen LogP contribution is 2.07. The van der Waals surface area contributed by atoms with Crippen LogP contribution in [0.4, 0.5) is 0 Å². The van der Waals surface area contributed by atoms with Gasteiger partial charge in [0, 0.05) is 12.0 Å². The van der Waals surface area contributed by atoms with Crippen molar-refractivity contribution in [1.29, 1.82) is 0 Å². The number of rotatable bonds is 4. The minimum Gasteiger partial charge on any atom is -0.508 e. The summed E-state index contributed by atoms with van der Waals surface area (Å²) in [5, 5.41) is 9.38. The molecule has 0 aliphatic rings. The maximum Gasteiger partial charge on any atom is 0.161 e. The minimum absolute atomic E-state index is 0.0920. The number of aliphatic hydroxyl groups excluding tert-OH is 1. The van der Waals surface area contributed by atoms with Gasteiger partial charge in [0.25, 0.3) is 0 Å². The van der Waals surface area contributed by atoms with Crippen LogP contribution in [0, 0.1) is 0 Å². The molecular formula is C10H13BO2. The SMILES string of the molecule is [B]/C(C=C)=C/C(O)=C(/C)C(=O)CC. The Balaban J connectivity index is 4.82. The van der Waals surface area contributed by atoms with E-state index >= 15 is 0 Å². The molecule has 0 aliphatic heterocycles. The molecule has 2 radical (unpaired) electrons. The zero-order chi connectivity index (χ0) is 10.4. The average molecular weight is 176 g/mol. The molecule has 0 spiro atoms. The Morgan fingerprint density at radius 2 is 2.15 bits per heavy atom. The Kier molecular flexibility index (Phi) is 4.89. The van der Waals surface area contributed by atoms with Gasteiger partial charge in [0.05, 0.1) is 0 Å². The van der Waals surface area contributed by atoms with Crippen LogP contribution >= 0.6 is 0 Å². The molecule has 2 nitrogen and oxygen atoms in total. The van der Waals surface area contributed by atoms with Crippen molar-refractivity contribution in [3.05, 3.63) is 35.5 Å². The quantitative estimate of drug-likeness (QED) is 0.308. The Bertz CT molecular complexity index is 275. The van der Waals surface area contributed by atoms with Crippen molar-refractivity contribution in [2.75, 3.05) is 0 Å². The van der Waals surface area contributed by atoms with E-state index in [0.717, 1.165) is 0 Å². The lowest BCUT2D eigenvalue weighted by atomic mass is 9.94. The first-order chi connectivity index (χ1) is 6.02. The van der Waals surface area contributed by atoms with E-state index in [1.54, 1.807) is 13.8 Å². The van der Waals surface area contributed by atoms with E-state index in [1.807, 2.05) is 0 Å². The molecule has 0 saturated heterocycles. The first kappa shape index (κ1) is 11.8. The Hall–Kier alpha value is -1.25. The van der Waals surface area contributed by atoms with Gasteiger partial charge in [0.1, 0.15) is 13.6 Å². The fraction of sp³-hybridized carbons (Fsp3) is 0.300. The van der Waals surface area contributed by atoms with Crippen molar-refractivity contribution < 1.29 is 9.90 Å². The molecule has 0 saturated carbocycles. The van der Waals surface area contributed by atoms with E-state index in [2.05, 4.69) is 6.58 Å². The highest BCUT2D eigenvalue weighted by molar-refractivity contribution is 6.23. The number of hydrogen-bond acceptors (Lipinski definition) is 2. The molecule has 0 aromatic heterocycles. The molecule has 0 heterocycles. The molecule has 0 unspecified atom stereocenters. The second-order valence-electron chi connectivity index (χ2n) is 2.64. The second-order valence-corrected chi connectivity index (χ2v) is 2.64. The van der Waals surface area contributed by atoms with Crippen molar-refractivity contribution in [2.45, 2.75) is 20.3 Å². The van der Waals surface area contributed by atoms with Crippen molar-refractivity contribution in [2.24, 2.45) is 0 Å². The summed E-state index contributed by atoms with van der Waals surface area (Å²) >= 11 is 0. The first-order valence-electron chi connectivity index (χ1n) is 4.05. The summed E-state index contributed by atoms with van der Waals surface area (Å²) in [6.07, 6.45) is 3.09. The molecule has 0 bridgehead atoms. The standard InChI is InChI=1S/C10H13BO2/c1-4-8(11)6-10(13)7(3)9(12)5-2/h4,6,13H,1,5H2,2-3H3/b8-6+,10-7+. The molecule has 1 N–H and O–H groups in total. The maximum absolute atomic E-state index is 11.1. The molecule has 0 aromatic rings. The Morgan fingerprint density at radius 1 is 1.62 bits per heavy atom. The number of allylic oxidation sites excluding steroid dienone is 4. The van der Waals surface area contributed by atoms with Crippen LogP contribution in [0.5, 0.6) is 0 Å². The third kappa shape index (κ3) is 3.79. The summed E-state index contributed by atoms with van der Waals surface area (Å²) in [7, 11) is 5.39. The molecule has 0 rings (SSSR count). The Morgan fingerprint density at radius 3 is 2.54 bits per heavy atom. The molecule has 0 fully saturated rings. The van der Waals surface area contributed by atoms with Crippen LogP contribution in [0.3, 0.4) is 0 Å². The summed E-state index contributed by atoms with van der Waals surface area (Å²) in [6, 6.07) is 0. The van der Waals surface area contributed by atoms with Gasteiger partial charge in [-0.15, -0.1) is 0 Å². The van der Waals surface area contributed by atoms with E-state index < -0.39 is 0 Å². The number of aliphatic hydroxyl groups is 1. The van der Waals surface area contributed by atoms with Gasteiger partial charge in [-0.25, -0.2) is 0 Å². The lowest BCUT2D eigenvalue weighted by molar-refractivity contribution is -0.115.